The van der Waals surface area contributed by atoms with Crippen molar-refractivity contribution in [2.24, 2.45) is 0 Å². The standard InChI is InChI=1S/C23H29ClN2OS/c24-20-7-5-19(6-8-20)23(11-1-2-12-23)22(27)25-13-16-26-14-9-18(10-15-26)21-4-3-17-28-21/h3-8,17-18H,1-2,9-16H2,(H,25,27). The molecule has 1 aromatic carbocycles. The lowest BCUT2D eigenvalue weighted by molar-refractivity contribution is -0.126. The molecule has 2 aliphatic rings. The monoisotopic (exact) mass is 416 g/mol. The van der Waals surface area contributed by atoms with Crippen molar-refractivity contribution in [2.75, 3.05) is 26.2 Å². The van der Waals surface area contributed by atoms with Crippen LogP contribution in [0.2, 0.25) is 5.02 Å². The summed E-state index contributed by atoms with van der Waals surface area (Å²) in [6.07, 6.45) is 6.56. The second-order valence-electron chi connectivity index (χ2n) is 8.18. The second kappa shape index (κ2) is 8.98. The van der Waals surface area contributed by atoms with Gasteiger partial charge in [0.05, 0.1) is 5.41 Å². The van der Waals surface area contributed by atoms with Crippen molar-refractivity contribution in [1.82, 2.24) is 10.2 Å². The molecule has 28 heavy (non-hydrogen) atoms. The summed E-state index contributed by atoms with van der Waals surface area (Å²) in [5.41, 5.74) is 0.750. The van der Waals surface area contributed by atoms with E-state index in [9.17, 15) is 4.79 Å². The Hall–Kier alpha value is -1.36. The third-order valence-electron chi connectivity index (χ3n) is 6.54. The molecule has 1 amide bonds. The van der Waals surface area contributed by atoms with Crippen LogP contribution in [0.3, 0.4) is 0 Å². The Labute approximate surface area is 177 Å². The minimum atomic E-state index is -0.364. The number of thiophene rings is 1. The number of carbonyl (C=O) groups excluding carboxylic acids is 1. The fourth-order valence-corrected chi connectivity index (χ4v) is 5.88. The molecular weight excluding hydrogens is 388 g/mol. The molecule has 5 heteroatoms. The normalized spacial score (nSPS) is 20.3. The molecule has 150 valence electrons. The maximum atomic E-state index is 13.1. The van der Waals surface area contributed by atoms with Gasteiger partial charge in [-0.15, -0.1) is 11.3 Å². The van der Waals surface area contributed by atoms with Gasteiger partial charge in [0.2, 0.25) is 5.91 Å². The Balaban J connectivity index is 1.28. The van der Waals surface area contributed by atoms with Gasteiger partial charge in [0.25, 0.3) is 0 Å². The number of benzene rings is 1. The molecule has 1 saturated carbocycles. The molecule has 1 aliphatic carbocycles. The summed E-state index contributed by atoms with van der Waals surface area (Å²) in [6, 6.07) is 12.3. The van der Waals surface area contributed by atoms with Crippen molar-refractivity contribution >= 4 is 28.8 Å². The lowest BCUT2D eigenvalue weighted by Crippen LogP contribution is -2.46. The van der Waals surface area contributed by atoms with Gasteiger partial charge in [-0.25, -0.2) is 0 Å². The third kappa shape index (κ3) is 4.29. The first-order valence-electron chi connectivity index (χ1n) is 10.5. The summed E-state index contributed by atoms with van der Waals surface area (Å²) in [6.45, 7) is 3.93. The smallest absolute Gasteiger partial charge is 0.230 e. The third-order valence-corrected chi connectivity index (χ3v) is 7.82. The van der Waals surface area contributed by atoms with Crippen molar-refractivity contribution in [1.29, 1.82) is 0 Å². The maximum absolute atomic E-state index is 13.1. The zero-order valence-corrected chi connectivity index (χ0v) is 17.9. The summed E-state index contributed by atoms with van der Waals surface area (Å²) < 4.78 is 0. The van der Waals surface area contributed by atoms with Gasteiger partial charge in [0.1, 0.15) is 0 Å². The van der Waals surface area contributed by atoms with Crippen LogP contribution >= 0.6 is 22.9 Å². The molecule has 1 saturated heterocycles. The molecule has 0 bridgehead atoms. The number of likely N-dealkylation sites (tertiary alicyclic amines) is 1. The lowest BCUT2D eigenvalue weighted by Gasteiger charge is -2.32. The molecule has 0 spiro atoms. The number of piperidine rings is 1. The highest BCUT2D eigenvalue weighted by Crippen LogP contribution is 2.41. The van der Waals surface area contributed by atoms with E-state index in [0.717, 1.165) is 68.4 Å². The summed E-state index contributed by atoms with van der Waals surface area (Å²) in [5.74, 6) is 0.915. The fraction of sp³-hybridized carbons (Fsp3) is 0.522. The summed E-state index contributed by atoms with van der Waals surface area (Å²) in [4.78, 5) is 17.2. The summed E-state index contributed by atoms with van der Waals surface area (Å²) >= 11 is 7.93. The lowest BCUT2D eigenvalue weighted by atomic mass is 9.78. The molecule has 3 nitrogen and oxygen atoms in total. The van der Waals surface area contributed by atoms with Crippen molar-refractivity contribution in [3.05, 3.63) is 57.2 Å². The molecule has 2 heterocycles. The van der Waals surface area contributed by atoms with Crippen LogP contribution in [0, 0.1) is 0 Å². The average molecular weight is 417 g/mol. The van der Waals surface area contributed by atoms with Gasteiger partial charge >= 0.3 is 0 Å². The van der Waals surface area contributed by atoms with Gasteiger partial charge in [-0.05, 0) is 73.8 Å². The van der Waals surface area contributed by atoms with E-state index in [1.165, 1.54) is 17.7 Å². The molecule has 1 aromatic heterocycles. The highest BCUT2D eigenvalue weighted by molar-refractivity contribution is 7.10. The molecular formula is C23H29ClN2OS. The number of hydrogen-bond acceptors (Lipinski definition) is 3. The summed E-state index contributed by atoms with van der Waals surface area (Å²) in [7, 11) is 0. The van der Waals surface area contributed by atoms with Crippen LogP contribution < -0.4 is 5.32 Å². The second-order valence-corrected chi connectivity index (χ2v) is 9.60. The zero-order valence-electron chi connectivity index (χ0n) is 16.3. The van der Waals surface area contributed by atoms with Crippen LogP contribution in [0.5, 0.6) is 0 Å². The average Bonchev–Trinajstić information content (AvgIpc) is 3.42. The van der Waals surface area contributed by atoms with E-state index < -0.39 is 0 Å². The highest BCUT2D eigenvalue weighted by Gasteiger charge is 2.42. The maximum Gasteiger partial charge on any atom is 0.230 e. The molecule has 2 aromatic rings. The first kappa shape index (κ1) is 19.9. The minimum Gasteiger partial charge on any atom is -0.354 e. The van der Waals surface area contributed by atoms with E-state index in [4.69, 9.17) is 11.6 Å². The largest absolute Gasteiger partial charge is 0.354 e. The van der Waals surface area contributed by atoms with Crippen LogP contribution in [-0.2, 0) is 10.2 Å². The quantitative estimate of drug-likeness (QED) is 0.701. The van der Waals surface area contributed by atoms with E-state index in [2.05, 4.69) is 27.7 Å². The van der Waals surface area contributed by atoms with Crippen molar-refractivity contribution in [2.45, 2.75) is 49.9 Å². The number of carbonyl (C=O) groups is 1. The van der Waals surface area contributed by atoms with E-state index in [-0.39, 0.29) is 11.3 Å². The van der Waals surface area contributed by atoms with E-state index >= 15 is 0 Å². The minimum absolute atomic E-state index is 0.195. The SMILES string of the molecule is O=C(NCCN1CCC(c2cccs2)CC1)C1(c2ccc(Cl)cc2)CCCC1. The first-order valence-corrected chi connectivity index (χ1v) is 11.7. The number of hydrogen-bond donors (Lipinski definition) is 1. The Bertz CT molecular complexity index is 760. The molecule has 0 atom stereocenters. The van der Waals surface area contributed by atoms with Crippen LogP contribution in [0.1, 0.15) is 54.9 Å². The van der Waals surface area contributed by atoms with Gasteiger partial charge in [0.15, 0.2) is 0 Å². The molecule has 2 fully saturated rings. The van der Waals surface area contributed by atoms with Crippen LogP contribution in [-0.4, -0.2) is 37.0 Å². The van der Waals surface area contributed by atoms with Crippen LogP contribution in [0.4, 0.5) is 0 Å². The fourth-order valence-electron chi connectivity index (χ4n) is 4.86. The van der Waals surface area contributed by atoms with Gasteiger partial charge < -0.3 is 10.2 Å². The van der Waals surface area contributed by atoms with Crippen molar-refractivity contribution in [3.63, 3.8) is 0 Å². The number of rotatable bonds is 6. The number of halogens is 1. The molecule has 0 radical (unpaired) electrons. The molecule has 0 unspecified atom stereocenters. The van der Waals surface area contributed by atoms with E-state index in [0.29, 0.717) is 0 Å². The van der Waals surface area contributed by atoms with Crippen molar-refractivity contribution in [3.8, 4) is 0 Å². The molecule has 1 N–H and O–H groups in total. The van der Waals surface area contributed by atoms with E-state index in [1.54, 1.807) is 0 Å². The van der Waals surface area contributed by atoms with E-state index in [1.807, 2.05) is 35.6 Å². The van der Waals surface area contributed by atoms with Crippen molar-refractivity contribution < 1.29 is 4.79 Å². The highest BCUT2D eigenvalue weighted by atomic mass is 35.5. The number of nitrogens with one attached hydrogen (secondary N) is 1. The zero-order chi connectivity index (χ0) is 19.4. The van der Waals surface area contributed by atoms with Gasteiger partial charge in [-0.1, -0.05) is 42.6 Å². The van der Waals surface area contributed by atoms with Gasteiger partial charge in [-0.3, -0.25) is 4.79 Å². The Kier molecular flexibility index (Phi) is 6.39. The predicted octanol–water partition coefficient (Wildman–Crippen LogP) is 5.21. The Morgan fingerprint density at radius 3 is 2.50 bits per heavy atom. The van der Waals surface area contributed by atoms with Crippen LogP contribution in [0.25, 0.3) is 0 Å². The number of amides is 1. The number of nitrogens with zero attached hydrogens (tertiary/aromatic N) is 1. The Morgan fingerprint density at radius 1 is 1.14 bits per heavy atom. The molecule has 1 aliphatic heterocycles. The van der Waals surface area contributed by atoms with Gasteiger partial charge in [0, 0.05) is 23.0 Å². The first-order chi connectivity index (χ1) is 13.7. The van der Waals surface area contributed by atoms with Crippen LogP contribution in [0.15, 0.2) is 41.8 Å². The predicted molar refractivity (Wildman–Crippen MR) is 117 cm³/mol. The molecule has 4 rings (SSSR count). The topological polar surface area (TPSA) is 32.3 Å². The Morgan fingerprint density at radius 2 is 1.86 bits per heavy atom. The van der Waals surface area contributed by atoms with Gasteiger partial charge in [-0.2, -0.15) is 0 Å². The summed E-state index contributed by atoms with van der Waals surface area (Å²) in [5, 5.41) is 6.16.